The molecule has 0 aliphatic carbocycles. The standard InChI is InChI=1S/C22H14NO.C4H9.Sn/c1-2-9-16(10-3-1)23-19-14-15-8-4-5-11-17(15)21-18-12-6-7-13-20(18)24-22(19)21;1-3-4-2;/h1-14H;1,3-4H2,2H3;/q-1;;+1. The van der Waals surface area contributed by atoms with Gasteiger partial charge in [0.2, 0.25) is 0 Å². The molecule has 5 aromatic rings. The summed E-state index contributed by atoms with van der Waals surface area (Å²) in [4.78, 5) is 0. The Kier molecular flexibility index (Phi) is 5.19. The maximum absolute atomic E-state index is 6.49. The van der Waals surface area contributed by atoms with Crippen LogP contribution in [0.2, 0.25) is 4.44 Å². The number of nitrogens with zero attached hydrogens (tertiary/aromatic N) is 1. The Hall–Kier alpha value is -2.46. The van der Waals surface area contributed by atoms with Gasteiger partial charge in [0.05, 0.1) is 0 Å². The molecule has 2 radical (unpaired) electrons. The average Bonchev–Trinajstić information content (AvgIpc) is 3.17. The van der Waals surface area contributed by atoms with Gasteiger partial charge in [-0.15, -0.1) is 0 Å². The van der Waals surface area contributed by atoms with E-state index >= 15 is 0 Å². The van der Waals surface area contributed by atoms with Gasteiger partial charge in [-0.05, 0) is 0 Å². The average molecular weight is 484 g/mol. The van der Waals surface area contributed by atoms with Crippen molar-refractivity contribution >= 4 is 65.5 Å². The third-order valence-electron chi connectivity index (χ3n) is 5.41. The first kappa shape index (κ1) is 18.6. The molecule has 5 rings (SSSR count). The number of para-hydroxylation sites is 2. The molecule has 1 aromatic heterocycles. The van der Waals surface area contributed by atoms with Crippen molar-refractivity contribution in [2.45, 2.75) is 24.2 Å². The molecular formula is C26H23NOSn. The van der Waals surface area contributed by atoms with Crippen LogP contribution in [0, 0.1) is 0 Å². The van der Waals surface area contributed by atoms with Crippen LogP contribution in [0.15, 0.2) is 89.3 Å². The van der Waals surface area contributed by atoms with E-state index in [0.29, 0.717) is 0 Å². The van der Waals surface area contributed by atoms with Crippen molar-refractivity contribution in [1.29, 1.82) is 0 Å². The maximum atomic E-state index is 6.49. The Morgan fingerprint density at radius 2 is 1.55 bits per heavy atom. The number of rotatable bonds is 6. The van der Waals surface area contributed by atoms with Crippen molar-refractivity contribution in [3.63, 3.8) is 0 Å². The quantitative estimate of drug-likeness (QED) is 0.181. The van der Waals surface area contributed by atoms with Gasteiger partial charge in [-0.3, -0.25) is 0 Å². The summed E-state index contributed by atoms with van der Waals surface area (Å²) in [6.07, 6.45) is 2.55. The minimum absolute atomic E-state index is 0.830. The zero-order valence-corrected chi connectivity index (χ0v) is 19.4. The summed E-state index contributed by atoms with van der Waals surface area (Å²) >= 11 is -0.830. The van der Waals surface area contributed by atoms with Gasteiger partial charge < -0.3 is 0 Å². The van der Waals surface area contributed by atoms with Crippen molar-refractivity contribution in [3.8, 4) is 0 Å². The van der Waals surface area contributed by atoms with Crippen molar-refractivity contribution in [1.82, 2.24) is 0 Å². The SMILES string of the molecule is CCC[CH2][Sn][N](c1ccccc1)c1cc2ccccc2c2c1oc1ccccc12. The van der Waals surface area contributed by atoms with E-state index < -0.39 is 21.4 Å². The number of anilines is 2. The number of hydrogen-bond donors (Lipinski definition) is 0. The Bertz CT molecular complexity index is 1280. The third kappa shape index (κ3) is 3.40. The molecule has 0 aliphatic rings. The molecule has 3 heteroatoms. The zero-order chi connectivity index (χ0) is 19.6. The van der Waals surface area contributed by atoms with E-state index in [1.54, 1.807) is 0 Å². The molecule has 29 heavy (non-hydrogen) atoms. The fraction of sp³-hybridized carbons (Fsp3) is 0.154. The Balaban J connectivity index is 1.81. The summed E-state index contributed by atoms with van der Waals surface area (Å²) in [5.41, 5.74) is 4.49. The fourth-order valence-corrected chi connectivity index (χ4v) is 7.99. The van der Waals surface area contributed by atoms with Gasteiger partial charge in [-0.2, -0.15) is 0 Å². The van der Waals surface area contributed by atoms with Gasteiger partial charge in [0.1, 0.15) is 0 Å². The van der Waals surface area contributed by atoms with Gasteiger partial charge in [0.15, 0.2) is 0 Å². The van der Waals surface area contributed by atoms with Gasteiger partial charge in [0, 0.05) is 0 Å². The van der Waals surface area contributed by atoms with Crippen LogP contribution in [0.25, 0.3) is 32.7 Å². The van der Waals surface area contributed by atoms with Crippen molar-refractivity contribution in [2.24, 2.45) is 0 Å². The number of hydrogen-bond acceptors (Lipinski definition) is 2. The predicted molar refractivity (Wildman–Crippen MR) is 125 cm³/mol. The van der Waals surface area contributed by atoms with E-state index in [4.69, 9.17) is 4.42 Å². The zero-order valence-electron chi connectivity index (χ0n) is 16.6. The van der Waals surface area contributed by atoms with E-state index in [-0.39, 0.29) is 0 Å². The summed E-state index contributed by atoms with van der Waals surface area (Å²) in [6.45, 7) is 2.28. The van der Waals surface area contributed by atoms with Crippen LogP contribution in [-0.4, -0.2) is 21.4 Å². The molecule has 142 valence electrons. The van der Waals surface area contributed by atoms with Crippen molar-refractivity contribution < 1.29 is 4.42 Å². The number of furan rings is 1. The van der Waals surface area contributed by atoms with Crippen LogP contribution in [0.3, 0.4) is 0 Å². The summed E-state index contributed by atoms with van der Waals surface area (Å²) in [6, 6.07) is 30.3. The second kappa shape index (κ2) is 8.11. The molecule has 0 N–H and O–H groups in total. The van der Waals surface area contributed by atoms with Gasteiger partial charge >= 0.3 is 182 Å². The molecule has 4 aromatic carbocycles. The second-order valence-corrected chi connectivity index (χ2v) is 11.0. The Labute approximate surface area is 181 Å². The molecule has 0 amide bonds. The Morgan fingerprint density at radius 1 is 0.828 bits per heavy atom. The van der Waals surface area contributed by atoms with Gasteiger partial charge in [-0.25, -0.2) is 0 Å². The van der Waals surface area contributed by atoms with Crippen molar-refractivity contribution in [3.05, 3.63) is 84.9 Å². The fourth-order valence-electron chi connectivity index (χ4n) is 3.98. The number of unbranched alkanes of at least 4 members (excludes halogenated alkanes) is 1. The second-order valence-electron chi connectivity index (χ2n) is 7.35. The molecule has 1 heterocycles. The third-order valence-corrected chi connectivity index (χ3v) is 9.38. The van der Waals surface area contributed by atoms with Gasteiger partial charge in [0.25, 0.3) is 0 Å². The van der Waals surface area contributed by atoms with E-state index in [9.17, 15) is 0 Å². The molecule has 2 nitrogen and oxygen atoms in total. The van der Waals surface area contributed by atoms with Crippen LogP contribution in [0.1, 0.15) is 19.8 Å². The normalized spacial score (nSPS) is 11.5. The molecule has 0 saturated heterocycles. The molecular weight excluding hydrogens is 461 g/mol. The van der Waals surface area contributed by atoms with Crippen LogP contribution in [0.4, 0.5) is 11.4 Å². The van der Waals surface area contributed by atoms with E-state index in [1.165, 1.54) is 50.2 Å². The summed E-state index contributed by atoms with van der Waals surface area (Å²) < 4.78 is 10.4. The van der Waals surface area contributed by atoms with Crippen LogP contribution in [-0.2, 0) is 0 Å². The molecule has 0 atom stereocenters. The molecule has 0 saturated carbocycles. The molecule has 0 unspecified atom stereocenters. The molecule has 0 bridgehead atoms. The molecule has 0 spiro atoms. The Morgan fingerprint density at radius 3 is 2.38 bits per heavy atom. The summed E-state index contributed by atoms with van der Waals surface area (Å²) in [5.74, 6) is 0. The summed E-state index contributed by atoms with van der Waals surface area (Å²) in [7, 11) is 0. The first-order valence-electron chi connectivity index (χ1n) is 10.3. The van der Waals surface area contributed by atoms with Crippen LogP contribution >= 0.6 is 0 Å². The van der Waals surface area contributed by atoms with Crippen molar-refractivity contribution in [2.75, 3.05) is 3.12 Å². The monoisotopic (exact) mass is 485 g/mol. The summed E-state index contributed by atoms with van der Waals surface area (Å²) in [5, 5.41) is 4.98. The van der Waals surface area contributed by atoms with Crippen LogP contribution < -0.4 is 3.12 Å². The number of benzene rings is 4. The van der Waals surface area contributed by atoms with E-state index in [0.717, 1.165) is 11.2 Å². The van der Waals surface area contributed by atoms with Gasteiger partial charge in [-0.1, -0.05) is 0 Å². The van der Waals surface area contributed by atoms with Crippen LogP contribution in [0.5, 0.6) is 0 Å². The van der Waals surface area contributed by atoms with E-state index in [1.807, 2.05) is 0 Å². The predicted octanol–water partition coefficient (Wildman–Crippen LogP) is 7.71. The first-order chi connectivity index (χ1) is 14.4. The topological polar surface area (TPSA) is 16.4 Å². The number of fused-ring (bicyclic) bond motifs is 5. The first-order valence-corrected chi connectivity index (χ1v) is 13.6. The molecule has 0 aliphatic heterocycles. The minimum atomic E-state index is -0.830. The molecule has 0 fully saturated rings. The van der Waals surface area contributed by atoms with E-state index in [2.05, 4.69) is 95.0 Å².